The van der Waals surface area contributed by atoms with Crippen molar-refractivity contribution in [1.82, 2.24) is 0 Å². The van der Waals surface area contributed by atoms with E-state index in [0.29, 0.717) is 0 Å². The molecule has 0 saturated carbocycles. The summed E-state index contributed by atoms with van der Waals surface area (Å²) < 4.78 is 4.57. The Kier molecular flexibility index (Phi) is 5.37. The summed E-state index contributed by atoms with van der Waals surface area (Å²) in [6, 6.07) is 10.3. The Morgan fingerprint density at radius 1 is 1.36 bits per heavy atom. The molecule has 0 N–H and O–H groups in total. The van der Waals surface area contributed by atoms with Gasteiger partial charge >= 0.3 is 17.1 Å². The van der Waals surface area contributed by atoms with Gasteiger partial charge in [0.25, 0.3) is 0 Å². The van der Waals surface area contributed by atoms with E-state index in [1.165, 1.54) is 0 Å². The van der Waals surface area contributed by atoms with Crippen LogP contribution < -0.4 is 0 Å². The third kappa shape index (κ3) is 3.72. The van der Waals surface area contributed by atoms with Gasteiger partial charge < -0.3 is 4.74 Å². The van der Waals surface area contributed by atoms with E-state index in [1.54, 1.807) is 7.11 Å². The summed E-state index contributed by atoms with van der Waals surface area (Å²) in [5.41, 5.74) is 0.945. The Morgan fingerprint density at radius 2 is 2.00 bits per heavy atom. The Bertz CT molecular complexity index is 245. The van der Waals surface area contributed by atoms with Crippen LogP contribution in [0.2, 0.25) is 0 Å². The Morgan fingerprint density at radius 3 is 2.55 bits per heavy atom. The molecule has 1 nitrogen and oxygen atoms in total. The maximum Gasteiger partial charge on any atom is 1.00 e. The monoisotopic (exact) mass is 194 g/mol. The first-order valence-corrected chi connectivity index (χ1v) is 2.93. The van der Waals surface area contributed by atoms with Crippen LogP contribution in [-0.2, 0) is 21.8 Å². The van der Waals surface area contributed by atoms with Crippen molar-refractivity contribution in [2.45, 2.75) is 0 Å². The van der Waals surface area contributed by atoms with Gasteiger partial charge in [0.2, 0.25) is 0 Å². The van der Waals surface area contributed by atoms with Gasteiger partial charge in [-0.2, -0.15) is 30.3 Å². The molecule has 0 radical (unpaired) electrons. The maximum atomic E-state index is 4.57. The first-order chi connectivity index (χ1) is 4.93. The molecule has 0 bridgehead atoms. The molecule has 0 aliphatic carbocycles. The number of methoxy groups -OCH3 is 1. The fraction of sp³-hybridized carbons (Fsp3) is 0.111. The van der Waals surface area contributed by atoms with E-state index in [1.807, 2.05) is 24.3 Å². The van der Waals surface area contributed by atoms with Crippen LogP contribution in [-0.4, -0.2) is 7.11 Å². The van der Waals surface area contributed by atoms with Crippen molar-refractivity contribution in [2.75, 3.05) is 7.11 Å². The molecule has 0 aromatic heterocycles. The second-order valence-corrected chi connectivity index (χ2v) is 1.72. The Hall–Kier alpha value is -0.901. The first-order valence-electron chi connectivity index (χ1n) is 2.93. The zero-order valence-electron chi connectivity index (χ0n) is 6.02. The molecule has 0 heterocycles. The fourth-order valence-electron chi connectivity index (χ4n) is 0.580. The van der Waals surface area contributed by atoms with Gasteiger partial charge in [0, 0.05) is 0 Å². The van der Waals surface area contributed by atoms with E-state index in [9.17, 15) is 0 Å². The zero-order valence-corrected chi connectivity index (χ0v) is 6.96. The molecule has 1 aromatic carbocycles. The third-order valence-electron chi connectivity index (χ3n) is 1.02. The van der Waals surface area contributed by atoms with Crippen molar-refractivity contribution in [3.8, 4) is 12.0 Å². The maximum absolute atomic E-state index is 4.57. The minimum Gasteiger partial charge on any atom is -0.450 e. The summed E-state index contributed by atoms with van der Waals surface area (Å²) in [4.78, 5) is 0. The molecular formula is C9H7CuO. The summed E-state index contributed by atoms with van der Waals surface area (Å²) in [6.45, 7) is 0. The molecule has 0 atom stereocenters. The molecule has 0 saturated heterocycles. The van der Waals surface area contributed by atoms with Crippen molar-refractivity contribution in [1.29, 1.82) is 0 Å². The van der Waals surface area contributed by atoms with Crippen molar-refractivity contribution < 1.29 is 21.8 Å². The SMILES string of the molecule is COC#Cc1cc[c-]cc1.[Cu+]. The number of hydrogen-bond donors (Lipinski definition) is 0. The van der Waals surface area contributed by atoms with Crippen molar-refractivity contribution >= 4 is 0 Å². The Balaban J connectivity index is 0.000001000. The molecule has 0 unspecified atom stereocenters. The molecule has 2 heteroatoms. The van der Waals surface area contributed by atoms with Crippen LogP contribution in [0.25, 0.3) is 0 Å². The van der Waals surface area contributed by atoms with E-state index >= 15 is 0 Å². The van der Waals surface area contributed by atoms with Crippen molar-refractivity contribution in [2.24, 2.45) is 0 Å². The normalized spacial score (nSPS) is 7.00. The van der Waals surface area contributed by atoms with Crippen LogP contribution in [0.4, 0.5) is 0 Å². The molecule has 0 aliphatic heterocycles. The topological polar surface area (TPSA) is 9.23 Å². The predicted molar refractivity (Wildman–Crippen MR) is 39.2 cm³/mol. The quantitative estimate of drug-likeness (QED) is 0.345. The number of benzene rings is 1. The summed E-state index contributed by atoms with van der Waals surface area (Å²) in [7, 11) is 1.54. The van der Waals surface area contributed by atoms with Crippen LogP contribution in [0.15, 0.2) is 24.3 Å². The van der Waals surface area contributed by atoms with Gasteiger partial charge in [-0.05, 0) is 0 Å². The standard InChI is InChI=1S/C9H7O.Cu/c1-10-8-7-9-5-3-2-4-6-9;/h3-6H,1H3;/q-1;+1. The molecular weight excluding hydrogens is 188 g/mol. The summed E-state index contributed by atoms with van der Waals surface area (Å²) in [6.07, 6.45) is 2.50. The number of hydrogen-bond acceptors (Lipinski definition) is 1. The second kappa shape index (κ2) is 5.85. The van der Waals surface area contributed by atoms with E-state index in [0.717, 1.165) is 5.56 Å². The molecule has 0 amide bonds. The minimum absolute atomic E-state index is 0. The molecule has 0 aliphatic rings. The minimum atomic E-state index is 0. The van der Waals surface area contributed by atoms with Gasteiger partial charge in [-0.15, -0.1) is 0 Å². The summed E-state index contributed by atoms with van der Waals surface area (Å²) >= 11 is 0. The zero-order chi connectivity index (χ0) is 7.23. The van der Waals surface area contributed by atoms with Crippen LogP contribution in [0.1, 0.15) is 5.56 Å². The average molecular weight is 195 g/mol. The van der Waals surface area contributed by atoms with E-state index in [2.05, 4.69) is 22.8 Å². The van der Waals surface area contributed by atoms with Crippen LogP contribution in [0.5, 0.6) is 0 Å². The van der Waals surface area contributed by atoms with Crippen LogP contribution in [0.3, 0.4) is 0 Å². The molecule has 11 heavy (non-hydrogen) atoms. The van der Waals surface area contributed by atoms with Gasteiger partial charge in [-0.25, -0.2) is 0 Å². The Labute approximate surface area is 77.2 Å². The van der Waals surface area contributed by atoms with Gasteiger partial charge in [-0.1, -0.05) is 11.5 Å². The smallest absolute Gasteiger partial charge is 0.450 e. The van der Waals surface area contributed by atoms with Gasteiger partial charge in [-0.3, -0.25) is 0 Å². The van der Waals surface area contributed by atoms with Crippen molar-refractivity contribution in [3.63, 3.8) is 0 Å². The van der Waals surface area contributed by atoms with Crippen molar-refractivity contribution in [3.05, 3.63) is 35.9 Å². The van der Waals surface area contributed by atoms with Crippen LogP contribution >= 0.6 is 0 Å². The van der Waals surface area contributed by atoms with E-state index in [4.69, 9.17) is 0 Å². The van der Waals surface area contributed by atoms with Gasteiger partial charge in [0.1, 0.15) is 6.11 Å². The summed E-state index contributed by atoms with van der Waals surface area (Å²) in [5.74, 6) is 2.80. The van der Waals surface area contributed by atoms with E-state index < -0.39 is 0 Å². The van der Waals surface area contributed by atoms with E-state index in [-0.39, 0.29) is 17.1 Å². The average Bonchev–Trinajstić information content (AvgIpc) is 2.03. The summed E-state index contributed by atoms with van der Waals surface area (Å²) in [5, 5.41) is 0. The molecule has 0 spiro atoms. The third-order valence-corrected chi connectivity index (χ3v) is 1.02. The van der Waals surface area contributed by atoms with Crippen LogP contribution in [0, 0.1) is 18.1 Å². The second-order valence-electron chi connectivity index (χ2n) is 1.72. The predicted octanol–water partition coefficient (Wildman–Crippen LogP) is 1.44. The van der Waals surface area contributed by atoms with Gasteiger partial charge in [0.15, 0.2) is 0 Å². The molecule has 60 valence electrons. The molecule has 1 rings (SSSR count). The number of ether oxygens (including phenoxy) is 1. The fourth-order valence-corrected chi connectivity index (χ4v) is 0.580. The van der Waals surface area contributed by atoms with Gasteiger partial charge in [0.05, 0.1) is 7.11 Å². The first kappa shape index (κ1) is 10.1. The molecule has 1 aromatic rings. The largest absolute Gasteiger partial charge is 1.00 e. The molecule has 0 fully saturated rings. The number of rotatable bonds is 0.